The molecule has 2 aromatic heterocycles. The Morgan fingerprint density at radius 2 is 2.12 bits per heavy atom. The quantitative estimate of drug-likeness (QED) is 0.798. The highest BCUT2D eigenvalue weighted by atomic mass is 32.1. The molecule has 0 atom stereocenters. The molecule has 3 N–H and O–H groups in total. The fraction of sp³-hybridized carbons (Fsp3) is 0.333. The topological polar surface area (TPSA) is 63.8 Å². The Morgan fingerprint density at radius 3 is 2.82 bits per heavy atom. The molecule has 0 fully saturated rings. The SMILES string of the molecule is CCCCNc1snc(N)c1-c1ccncc1. The summed E-state index contributed by atoms with van der Waals surface area (Å²) in [5, 5.41) is 4.43. The van der Waals surface area contributed by atoms with Crippen molar-refractivity contribution >= 4 is 22.4 Å². The standard InChI is InChI=1S/C12H16N4S/c1-2-3-6-15-12-10(11(13)16-17-12)9-4-7-14-8-5-9/h4-5,7-8,15H,2-3,6H2,1H3,(H2,13,16). The zero-order valence-electron chi connectivity index (χ0n) is 9.81. The van der Waals surface area contributed by atoms with Crippen molar-refractivity contribution in [3.63, 3.8) is 0 Å². The largest absolute Gasteiger partial charge is 0.382 e. The normalized spacial score (nSPS) is 10.4. The van der Waals surface area contributed by atoms with Crippen LogP contribution in [0.3, 0.4) is 0 Å². The summed E-state index contributed by atoms with van der Waals surface area (Å²) in [5.74, 6) is 0.584. The van der Waals surface area contributed by atoms with E-state index in [1.54, 1.807) is 12.4 Å². The molecule has 0 aliphatic carbocycles. The lowest BCUT2D eigenvalue weighted by molar-refractivity contribution is 0.836. The van der Waals surface area contributed by atoms with Gasteiger partial charge in [-0.2, -0.15) is 4.37 Å². The van der Waals surface area contributed by atoms with Gasteiger partial charge in [0.25, 0.3) is 0 Å². The van der Waals surface area contributed by atoms with Gasteiger partial charge in [-0.15, -0.1) is 0 Å². The molecule has 2 heterocycles. The van der Waals surface area contributed by atoms with Gasteiger partial charge in [0.15, 0.2) is 0 Å². The molecule has 4 nitrogen and oxygen atoms in total. The lowest BCUT2D eigenvalue weighted by Crippen LogP contribution is -2.00. The molecule has 0 aromatic carbocycles. The van der Waals surface area contributed by atoms with Gasteiger partial charge in [-0.25, -0.2) is 0 Å². The number of nitrogens with two attached hydrogens (primary N) is 1. The minimum Gasteiger partial charge on any atom is -0.382 e. The smallest absolute Gasteiger partial charge is 0.147 e. The first-order valence-electron chi connectivity index (χ1n) is 5.72. The number of pyridine rings is 1. The summed E-state index contributed by atoms with van der Waals surface area (Å²) < 4.78 is 4.21. The number of hydrogen-bond donors (Lipinski definition) is 2. The van der Waals surface area contributed by atoms with Crippen molar-refractivity contribution in [1.29, 1.82) is 0 Å². The molecule has 0 saturated carbocycles. The van der Waals surface area contributed by atoms with Crippen molar-refractivity contribution in [1.82, 2.24) is 9.36 Å². The maximum absolute atomic E-state index is 5.92. The van der Waals surface area contributed by atoms with Crippen molar-refractivity contribution in [2.75, 3.05) is 17.6 Å². The fourth-order valence-electron chi connectivity index (χ4n) is 1.60. The monoisotopic (exact) mass is 248 g/mol. The summed E-state index contributed by atoms with van der Waals surface area (Å²) in [4.78, 5) is 4.01. The first kappa shape index (κ1) is 11.9. The molecular weight excluding hydrogens is 232 g/mol. The number of unbranched alkanes of at least 4 members (excludes halogenated alkanes) is 1. The van der Waals surface area contributed by atoms with Crippen molar-refractivity contribution in [2.24, 2.45) is 0 Å². The molecule has 0 saturated heterocycles. The van der Waals surface area contributed by atoms with Crippen molar-refractivity contribution in [2.45, 2.75) is 19.8 Å². The number of aromatic nitrogens is 2. The van der Waals surface area contributed by atoms with Crippen LogP contribution in [0.1, 0.15) is 19.8 Å². The minimum atomic E-state index is 0.584. The third-order valence-corrected chi connectivity index (χ3v) is 3.32. The van der Waals surface area contributed by atoms with Gasteiger partial charge < -0.3 is 11.1 Å². The Labute approximate surface area is 105 Å². The molecular formula is C12H16N4S. The first-order valence-corrected chi connectivity index (χ1v) is 6.49. The Bertz CT molecular complexity index is 467. The Balaban J connectivity index is 2.24. The second-order valence-electron chi connectivity index (χ2n) is 3.79. The molecule has 0 radical (unpaired) electrons. The van der Waals surface area contributed by atoms with E-state index in [-0.39, 0.29) is 0 Å². The van der Waals surface area contributed by atoms with Gasteiger partial charge in [-0.1, -0.05) is 13.3 Å². The van der Waals surface area contributed by atoms with Gasteiger partial charge in [0.1, 0.15) is 10.8 Å². The first-order chi connectivity index (χ1) is 8.33. The molecule has 17 heavy (non-hydrogen) atoms. The average molecular weight is 248 g/mol. The highest BCUT2D eigenvalue weighted by Crippen LogP contribution is 2.36. The van der Waals surface area contributed by atoms with E-state index in [1.165, 1.54) is 18.0 Å². The van der Waals surface area contributed by atoms with Crippen LogP contribution in [0.4, 0.5) is 10.8 Å². The number of nitrogens with zero attached hydrogens (tertiary/aromatic N) is 2. The minimum absolute atomic E-state index is 0.584. The van der Waals surface area contributed by atoms with Crippen LogP contribution in [-0.2, 0) is 0 Å². The average Bonchev–Trinajstić information content (AvgIpc) is 2.72. The Morgan fingerprint density at radius 1 is 1.35 bits per heavy atom. The molecule has 0 amide bonds. The number of nitrogen functional groups attached to an aromatic ring is 1. The molecule has 0 aliphatic rings. The number of anilines is 2. The molecule has 90 valence electrons. The summed E-state index contributed by atoms with van der Waals surface area (Å²) in [6.07, 6.45) is 5.85. The van der Waals surface area contributed by atoms with E-state index in [9.17, 15) is 0 Å². The van der Waals surface area contributed by atoms with Crippen LogP contribution in [0, 0.1) is 0 Å². The third-order valence-electron chi connectivity index (χ3n) is 2.50. The predicted octanol–water partition coefficient (Wildman–Crippen LogP) is 3.00. The lowest BCUT2D eigenvalue weighted by Gasteiger charge is -2.06. The van der Waals surface area contributed by atoms with E-state index in [2.05, 4.69) is 21.6 Å². The van der Waals surface area contributed by atoms with Gasteiger partial charge >= 0.3 is 0 Å². The van der Waals surface area contributed by atoms with Gasteiger partial charge in [0.2, 0.25) is 0 Å². The van der Waals surface area contributed by atoms with E-state index >= 15 is 0 Å². The van der Waals surface area contributed by atoms with Crippen LogP contribution >= 0.6 is 11.5 Å². The van der Waals surface area contributed by atoms with Gasteiger partial charge in [-0.3, -0.25) is 4.98 Å². The molecule has 2 aromatic rings. The summed E-state index contributed by atoms with van der Waals surface area (Å²) in [6, 6.07) is 3.90. The Kier molecular flexibility index (Phi) is 3.93. The molecule has 2 rings (SSSR count). The van der Waals surface area contributed by atoms with E-state index in [0.717, 1.165) is 29.1 Å². The molecule has 0 aliphatic heterocycles. The van der Waals surface area contributed by atoms with Crippen molar-refractivity contribution < 1.29 is 0 Å². The number of rotatable bonds is 5. The zero-order valence-corrected chi connectivity index (χ0v) is 10.6. The third kappa shape index (κ3) is 2.74. The highest BCUT2D eigenvalue weighted by molar-refractivity contribution is 7.11. The Hall–Kier alpha value is -1.62. The van der Waals surface area contributed by atoms with Crippen LogP contribution in [-0.4, -0.2) is 15.9 Å². The molecule has 0 bridgehead atoms. The molecule has 0 spiro atoms. The second-order valence-corrected chi connectivity index (χ2v) is 4.56. The van der Waals surface area contributed by atoms with Gasteiger partial charge in [0, 0.05) is 18.9 Å². The highest BCUT2D eigenvalue weighted by Gasteiger charge is 2.12. The molecule has 0 unspecified atom stereocenters. The fourth-order valence-corrected chi connectivity index (χ4v) is 2.36. The second kappa shape index (κ2) is 5.63. The zero-order chi connectivity index (χ0) is 12.1. The van der Waals surface area contributed by atoms with E-state index < -0.39 is 0 Å². The summed E-state index contributed by atoms with van der Waals surface area (Å²) in [7, 11) is 0. The van der Waals surface area contributed by atoms with E-state index in [1.807, 2.05) is 12.1 Å². The van der Waals surface area contributed by atoms with Crippen LogP contribution in [0.25, 0.3) is 11.1 Å². The maximum atomic E-state index is 5.92. The summed E-state index contributed by atoms with van der Waals surface area (Å²) in [5.41, 5.74) is 7.97. The van der Waals surface area contributed by atoms with E-state index in [0.29, 0.717) is 5.82 Å². The van der Waals surface area contributed by atoms with Crippen molar-refractivity contribution in [3.8, 4) is 11.1 Å². The lowest BCUT2D eigenvalue weighted by atomic mass is 10.1. The summed E-state index contributed by atoms with van der Waals surface area (Å²) >= 11 is 1.41. The maximum Gasteiger partial charge on any atom is 0.147 e. The molecule has 5 heteroatoms. The van der Waals surface area contributed by atoms with Gasteiger partial charge in [0.05, 0.1) is 5.56 Å². The van der Waals surface area contributed by atoms with Crippen LogP contribution in [0.15, 0.2) is 24.5 Å². The van der Waals surface area contributed by atoms with Crippen LogP contribution in [0.2, 0.25) is 0 Å². The number of nitrogens with one attached hydrogen (secondary N) is 1. The summed E-state index contributed by atoms with van der Waals surface area (Å²) in [6.45, 7) is 3.13. The van der Waals surface area contributed by atoms with Crippen molar-refractivity contribution in [3.05, 3.63) is 24.5 Å². The van der Waals surface area contributed by atoms with Gasteiger partial charge in [-0.05, 0) is 35.6 Å². The predicted molar refractivity (Wildman–Crippen MR) is 73.2 cm³/mol. The van der Waals surface area contributed by atoms with Crippen LogP contribution < -0.4 is 11.1 Å². The number of hydrogen-bond acceptors (Lipinski definition) is 5. The van der Waals surface area contributed by atoms with E-state index in [4.69, 9.17) is 5.73 Å². The van der Waals surface area contributed by atoms with Crippen LogP contribution in [0.5, 0.6) is 0 Å².